The Hall–Kier alpha value is -1.02. The zero-order valence-electron chi connectivity index (χ0n) is 7.63. The highest BCUT2D eigenvalue weighted by Crippen LogP contribution is 2.30. The number of rotatable bonds is 1. The van der Waals surface area contributed by atoms with Crippen LogP contribution in [0, 0.1) is 13.8 Å². The average Bonchev–Trinajstić information content (AvgIpc) is 1.97. The Labute approximate surface area is 72.5 Å². The molecule has 0 radical (unpaired) electrons. The van der Waals surface area contributed by atoms with Gasteiger partial charge in [-0.1, -0.05) is 12.1 Å². The highest BCUT2D eigenvalue weighted by Gasteiger charge is 2.11. The summed E-state index contributed by atoms with van der Waals surface area (Å²) in [6, 6.07) is 3.74. The molecular weight excluding hydrogens is 152 g/mol. The van der Waals surface area contributed by atoms with Crippen LogP contribution in [0.1, 0.15) is 29.7 Å². The van der Waals surface area contributed by atoms with Crippen LogP contribution in [-0.4, -0.2) is 10.2 Å². The van der Waals surface area contributed by atoms with Gasteiger partial charge < -0.3 is 10.2 Å². The lowest BCUT2D eigenvalue weighted by Crippen LogP contribution is -1.96. The predicted molar refractivity (Wildman–Crippen MR) is 48.2 cm³/mol. The summed E-state index contributed by atoms with van der Waals surface area (Å²) in [5.41, 5.74) is 2.36. The van der Waals surface area contributed by atoms with Crippen molar-refractivity contribution in [3.05, 3.63) is 28.8 Å². The molecule has 0 amide bonds. The van der Waals surface area contributed by atoms with Crippen LogP contribution >= 0.6 is 0 Å². The molecule has 0 fully saturated rings. The number of phenolic OH excluding ortho intramolecular Hbond substituents is 1. The van der Waals surface area contributed by atoms with Gasteiger partial charge in [0.05, 0.1) is 6.10 Å². The molecule has 1 rings (SSSR count). The normalized spacial score (nSPS) is 13.0. The van der Waals surface area contributed by atoms with Gasteiger partial charge in [-0.05, 0) is 31.9 Å². The minimum atomic E-state index is -0.607. The van der Waals surface area contributed by atoms with Gasteiger partial charge in [-0.25, -0.2) is 0 Å². The van der Waals surface area contributed by atoms with Crippen LogP contribution in [0.3, 0.4) is 0 Å². The molecule has 66 valence electrons. The second-order valence-corrected chi connectivity index (χ2v) is 3.14. The quantitative estimate of drug-likeness (QED) is 0.670. The lowest BCUT2D eigenvalue weighted by atomic mass is 10.0. The number of benzene rings is 1. The molecule has 2 heteroatoms. The lowest BCUT2D eigenvalue weighted by molar-refractivity contribution is 0.194. The van der Waals surface area contributed by atoms with Crippen LogP contribution in [0.5, 0.6) is 5.75 Å². The van der Waals surface area contributed by atoms with E-state index in [4.69, 9.17) is 0 Å². The Morgan fingerprint density at radius 1 is 1.17 bits per heavy atom. The second kappa shape index (κ2) is 3.15. The van der Waals surface area contributed by atoms with Crippen molar-refractivity contribution in [3.8, 4) is 5.75 Å². The van der Waals surface area contributed by atoms with E-state index in [9.17, 15) is 10.2 Å². The topological polar surface area (TPSA) is 40.5 Å². The molecule has 1 aromatic carbocycles. The van der Waals surface area contributed by atoms with Gasteiger partial charge >= 0.3 is 0 Å². The fourth-order valence-corrected chi connectivity index (χ4v) is 1.35. The van der Waals surface area contributed by atoms with E-state index in [0.29, 0.717) is 5.56 Å². The minimum Gasteiger partial charge on any atom is -0.507 e. The van der Waals surface area contributed by atoms with E-state index >= 15 is 0 Å². The van der Waals surface area contributed by atoms with E-state index in [2.05, 4.69) is 0 Å². The molecule has 0 saturated carbocycles. The summed E-state index contributed by atoms with van der Waals surface area (Å²) in [7, 11) is 0. The molecule has 12 heavy (non-hydrogen) atoms. The fourth-order valence-electron chi connectivity index (χ4n) is 1.35. The molecule has 0 aliphatic rings. The highest BCUT2D eigenvalue weighted by molar-refractivity contribution is 5.45. The first kappa shape index (κ1) is 9.07. The predicted octanol–water partition coefficient (Wildman–Crippen LogP) is 2.06. The van der Waals surface area contributed by atoms with Crippen molar-refractivity contribution in [3.63, 3.8) is 0 Å². The molecular formula is C10H14O2. The molecule has 0 bridgehead atoms. The first-order chi connectivity index (χ1) is 5.54. The van der Waals surface area contributed by atoms with Crippen molar-refractivity contribution in [1.82, 2.24) is 0 Å². The van der Waals surface area contributed by atoms with Gasteiger partial charge in [0.15, 0.2) is 0 Å². The number of aryl methyl sites for hydroxylation is 2. The zero-order valence-corrected chi connectivity index (χ0v) is 7.63. The molecule has 0 aliphatic heterocycles. The third-order valence-electron chi connectivity index (χ3n) is 2.05. The Morgan fingerprint density at radius 3 is 2.08 bits per heavy atom. The molecule has 0 heterocycles. The number of hydrogen-bond acceptors (Lipinski definition) is 2. The van der Waals surface area contributed by atoms with Crippen LogP contribution in [0.15, 0.2) is 12.1 Å². The van der Waals surface area contributed by atoms with Gasteiger partial charge in [-0.15, -0.1) is 0 Å². The molecule has 0 spiro atoms. The zero-order chi connectivity index (χ0) is 9.30. The Balaban J connectivity index is 3.33. The SMILES string of the molecule is Cc1ccc(C)c(C(C)O)c1O. The molecule has 0 aliphatic carbocycles. The summed E-state index contributed by atoms with van der Waals surface area (Å²) < 4.78 is 0. The third kappa shape index (κ3) is 1.43. The Kier molecular flexibility index (Phi) is 2.38. The summed E-state index contributed by atoms with van der Waals surface area (Å²) in [5.74, 6) is 0.213. The maximum atomic E-state index is 9.59. The van der Waals surface area contributed by atoms with Gasteiger partial charge in [0.1, 0.15) is 5.75 Å². The van der Waals surface area contributed by atoms with Crippen LogP contribution in [0.4, 0.5) is 0 Å². The number of phenols is 1. The van der Waals surface area contributed by atoms with Crippen LogP contribution in [-0.2, 0) is 0 Å². The average molecular weight is 166 g/mol. The molecule has 2 N–H and O–H groups in total. The minimum absolute atomic E-state index is 0.213. The van der Waals surface area contributed by atoms with Crippen molar-refractivity contribution < 1.29 is 10.2 Å². The Morgan fingerprint density at radius 2 is 1.67 bits per heavy atom. The van der Waals surface area contributed by atoms with Gasteiger partial charge in [0.25, 0.3) is 0 Å². The van der Waals surface area contributed by atoms with Crippen molar-refractivity contribution in [2.24, 2.45) is 0 Å². The number of aliphatic hydroxyl groups excluding tert-OH is 1. The summed E-state index contributed by atoms with van der Waals surface area (Å²) in [6.07, 6.45) is -0.607. The molecule has 0 aromatic heterocycles. The lowest BCUT2D eigenvalue weighted by Gasteiger charge is -2.12. The second-order valence-electron chi connectivity index (χ2n) is 3.14. The van der Waals surface area contributed by atoms with Gasteiger partial charge in [-0.3, -0.25) is 0 Å². The van der Waals surface area contributed by atoms with Gasteiger partial charge in [-0.2, -0.15) is 0 Å². The van der Waals surface area contributed by atoms with Gasteiger partial charge in [0, 0.05) is 5.56 Å². The van der Waals surface area contributed by atoms with Crippen LogP contribution < -0.4 is 0 Å². The maximum Gasteiger partial charge on any atom is 0.124 e. The standard InChI is InChI=1S/C10H14O2/c1-6-4-5-7(2)10(12)9(6)8(3)11/h4-5,8,11-12H,1-3H3. The number of aliphatic hydroxyl groups is 1. The molecule has 0 saturated heterocycles. The van der Waals surface area contributed by atoms with E-state index in [0.717, 1.165) is 11.1 Å². The fraction of sp³-hybridized carbons (Fsp3) is 0.400. The van der Waals surface area contributed by atoms with Crippen LogP contribution in [0.2, 0.25) is 0 Å². The van der Waals surface area contributed by atoms with Crippen molar-refractivity contribution >= 4 is 0 Å². The molecule has 1 atom stereocenters. The molecule has 2 nitrogen and oxygen atoms in total. The van der Waals surface area contributed by atoms with E-state index in [1.807, 2.05) is 26.0 Å². The molecule has 1 aromatic rings. The third-order valence-corrected chi connectivity index (χ3v) is 2.05. The first-order valence-electron chi connectivity index (χ1n) is 4.01. The smallest absolute Gasteiger partial charge is 0.124 e. The first-order valence-corrected chi connectivity index (χ1v) is 4.01. The van der Waals surface area contributed by atoms with E-state index < -0.39 is 6.10 Å². The van der Waals surface area contributed by atoms with Crippen LogP contribution in [0.25, 0.3) is 0 Å². The van der Waals surface area contributed by atoms with Crippen molar-refractivity contribution in [1.29, 1.82) is 0 Å². The van der Waals surface area contributed by atoms with Crippen molar-refractivity contribution in [2.45, 2.75) is 26.9 Å². The highest BCUT2D eigenvalue weighted by atomic mass is 16.3. The summed E-state index contributed by atoms with van der Waals surface area (Å²) in [5, 5.41) is 18.9. The number of aromatic hydroxyl groups is 1. The largest absolute Gasteiger partial charge is 0.507 e. The molecule has 1 unspecified atom stereocenters. The van der Waals surface area contributed by atoms with E-state index in [1.165, 1.54) is 0 Å². The number of hydrogen-bond donors (Lipinski definition) is 2. The summed E-state index contributed by atoms with van der Waals surface area (Å²) in [6.45, 7) is 5.35. The maximum absolute atomic E-state index is 9.59. The summed E-state index contributed by atoms with van der Waals surface area (Å²) in [4.78, 5) is 0. The monoisotopic (exact) mass is 166 g/mol. The Bertz CT molecular complexity index is 290. The van der Waals surface area contributed by atoms with Gasteiger partial charge in [0.2, 0.25) is 0 Å². The van der Waals surface area contributed by atoms with E-state index in [-0.39, 0.29) is 5.75 Å². The summed E-state index contributed by atoms with van der Waals surface area (Å²) >= 11 is 0. The van der Waals surface area contributed by atoms with Crippen molar-refractivity contribution in [2.75, 3.05) is 0 Å². The van der Waals surface area contributed by atoms with E-state index in [1.54, 1.807) is 6.92 Å².